The minimum absolute atomic E-state index is 0. The van der Waals surface area contributed by atoms with Crippen LogP contribution in [0, 0.1) is 19.0 Å². The first-order valence-electron chi connectivity index (χ1n) is 24.3. The number of nitrogens with zero attached hydrogens (tertiary/aromatic N) is 2. The number of hydrogen-bond donors (Lipinski definition) is 0. The normalized spacial score (nSPS) is 13.2. The minimum atomic E-state index is -2.34. The maximum absolute atomic E-state index is 8.59. The standard InChI is InChI=1S/C44H48NOSi2.C15H16N.Ir/c1-26(2)35-21-32(48(9,10)11)22-36(27(3)4)43(35)37-23-41(45-25-28(37)5)34-14-12-13-33-40-19-30-16-15-29-17-18-31(47(6,7)8)20-38(29)39(30)24-42(40)46-44(33)34;1-15(2,3)13-9-10-16-14(11-13)12-7-5-4-6-8-12;/h12-13,15-27H,1-11H3;4-7,9-11H,1-3H3;/q2*-1;/i5D3;;. The van der Waals surface area contributed by atoms with Crippen LogP contribution in [0.1, 0.15) is 86.7 Å². The summed E-state index contributed by atoms with van der Waals surface area (Å²) in [5.74, 6) is 0.402. The second kappa shape index (κ2) is 18.4. The number of fused-ring (bicyclic) bond motifs is 6. The fourth-order valence-electron chi connectivity index (χ4n) is 8.68. The number of aryl methyl sites for hydroxylation is 1. The molecule has 0 unspecified atom stereocenters. The molecule has 0 amide bonds. The minimum Gasteiger partial charge on any atom is -0.501 e. The molecule has 0 spiro atoms. The molecule has 0 N–H and O–H groups in total. The quantitative estimate of drug-likeness (QED) is 0.0907. The number of benzene rings is 6. The number of pyridine rings is 2. The van der Waals surface area contributed by atoms with E-state index in [4.69, 9.17) is 13.5 Å². The van der Waals surface area contributed by atoms with Gasteiger partial charge in [0.1, 0.15) is 5.58 Å². The molecule has 0 aliphatic rings. The van der Waals surface area contributed by atoms with E-state index < -0.39 is 23.0 Å². The topological polar surface area (TPSA) is 38.9 Å². The number of furan rings is 1. The van der Waals surface area contributed by atoms with Crippen LogP contribution in [-0.2, 0) is 25.5 Å². The smallest absolute Gasteiger partial charge is 0.121 e. The monoisotopic (exact) mass is 1070 g/mol. The van der Waals surface area contributed by atoms with Crippen molar-refractivity contribution in [3.63, 3.8) is 0 Å². The van der Waals surface area contributed by atoms with Crippen molar-refractivity contribution in [2.45, 2.75) is 112 Å². The van der Waals surface area contributed by atoms with Gasteiger partial charge in [-0.15, -0.1) is 54.1 Å². The average Bonchev–Trinajstić information content (AvgIpc) is 3.64. The molecule has 0 saturated carbocycles. The van der Waals surface area contributed by atoms with E-state index in [0.29, 0.717) is 16.8 Å². The van der Waals surface area contributed by atoms with Crippen molar-refractivity contribution in [3.05, 3.63) is 156 Å². The average molecular weight is 1070 g/mol. The number of aromatic nitrogens is 2. The Hall–Kier alpha value is -4.98. The summed E-state index contributed by atoms with van der Waals surface area (Å²) >= 11 is 0. The van der Waals surface area contributed by atoms with E-state index in [2.05, 4.69) is 178 Å². The molecule has 65 heavy (non-hydrogen) atoms. The molecule has 3 nitrogen and oxygen atoms in total. The first-order valence-corrected chi connectivity index (χ1v) is 29.8. The summed E-state index contributed by atoms with van der Waals surface area (Å²) in [7, 11) is -3.16. The van der Waals surface area contributed by atoms with Crippen LogP contribution in [0.5, 0.6) is 0 Å². The van der Waals surface area contributed by atoms with Gasteiger partial charge in [-0.2, -0.15) is 0 Å². The van der Waals surface area contributed by atoms with Crippen molar-refractivity contribution in [2.75, 3.05) is 0 Å². The molecule has 0 saturated heterocycles. The first-order chi connectivity index (χ1) is 31.4. The Morgan fingerprint density at radius 2 is 1.31 bits per heavy atom. The van der Waals surface area contributed by atoms with Crippen molar-refractivity contribution in [2.24, 2.45) is 0 Å². The predicted octanol–water partition coefficient (Wildman–Crippen LogP) is 15.9. The summed E-state index contributed by atoms with van der Waals surface area (Å²) in [5.41, 5.74) is 10.8. The Kier molecular flexibility index (Phi) is 12.4. The first kappa shape index (κ1) is 43.9. The second-order valence-electron chi connectivity index (χ2n) is 21.2. The molecule has 0 aliphatic carbocycles. The van der Waals surface area contributed by atoms with Gasteiger partial charge in [-0.3, -0.25) is 0 Å². The largest absolute Gasteiger partial charge is 0.501 e. The summed E-state index contributed by atoms with van der Waals surface area (Å²) in [6, 6.07) is 45.2. The van der Waals surface area contributed by atoms with Gasteiger partial charge in [0.25, 0.3) is 0 Å². The van der Waals surface area contributed by atoms with E-state index >= 15 is 0 Å². The van der Waals surface area contributed by atoms with Gasteiger partial charge in [-0.1, -0.05) is 164 Å². The van der Waals surface area contributed by atoms with Crippen molar-refractivity contribution >= 4 is 70.0 Å². The van der Waals surface area contributed by atoms with Gasteiger partial charge < -0.3 is 14.4 Å². The van der Waals surface area contributed by atoms with Crippen molar-refractivity contribution in [1.29, 1.82) is 0 Å². The van der Waals surface area contributed by atoms with E-state index in [1.807, 2.05) is 42.6 Å². The van der Waals surface area contributed by atoms with Gasteiger partial charge in [0, 0.05) is 42.0 Å². The summed E-state index contributed by atoms with van der Waals surface area (Å²) in [4.78, 5) is 9.21. The van der Waals surface area contributed by atoms with Crippen LogP contribution in [0.4, 0.5) is 0 Å². The van der Waals surface area contributed by atoms with E-state index in [0.717, 1.165) is 38.7 Å². The maximum atomic E-state index is 8.59. The van der Waals surface area contributed by atoms with Crippen LogP contribution < -0.4 is 10.4 Å². The van der Waals surface area contributed by atoms with E-state index in [-0.39, 0.29) is 42.9 Å². The summed E-state index contributed by atoms with van der Waals surface area (Å²) < 4.78 is 32.5. The van der Waals surface area contributed by atoms with Gasteiger partial charge in [-0.05, 0) is 109 Å². The van der Waals surface area contributed by atoms with Gasteiger partial charge in [-0.25, -0.2) is 0 Å². The zero-order valence-electron chi connectivity index (χ0n) is 43.3. The summed E-state index contributed by atoms with van der Waals surface area (Å²) in [6.07, 6.45) is 3.43. The Labute approximate surface area is 407 Å². The summed E-state index contributed by atoms with van der Waals surface area (Å²) in [6.45, 7) is 27.4. The van der Waals surface area contributed by atoms with Crippen molar-refractivity contribution < 1.29 is 28.6 Å². The number of rotatable bonds is 7. The third kappa shape index (κ3) is 9.79. The molecule has 3 heterocycles. The van der Waals surface area contributed by atoms with Crippen LogP contribution in [0.3, 0.4) is 0 Å². The fourth-order valence-corrected chi connectivity index (χ4v) is 11.0. The molecule has 0 bridgehead atoms. The van der Waals surface area contributed by atoms with Crippen LogP contribution in [0.15, 0.2) is 126 Å². The van der Waals surface area contributed by atoms with Crippen molar-refractivity contribution in [3.8, 4) is 33.6 Å². The van der Waals surface area contributed by atoms with Crippen LogP contribution in [-0.4, -0.2) is 26.1 Å². The van der Waals surface area contributed by atoms with Gasteiger partial charge in [0.05, 0.1) is 21.7 Å². The molecular weight excluding hydrogens is 1000 g/mol. The molecule has 3 aromatic heterocycles. The third-order valence-electron chi connectivity index (χ3n) is 12.6. The van der Waals surface area contributed by atoms with Crippen molar-refractivity contribution in [1.82, 2.24) is 9.97 Å². The van der Waals surface area contributed by atoms with E-state index in [9.17, 15) is 0 Å². The van der Waals surface area contributed by atoms with E-state index in [1.54, 1.807) is 6.20 Å². The third-order valence-corrected chi connectivity index (χ3v) is 16.7. The molecule has 335 valence electrons. The maximum Gasteiger partial charge on any atom is 0.121 e. The molecule has 9 aromatic rings. The molecule has 6 heteroatoms. The number of hydrogen-bond acceptors (Lipinski definition) is 3. The van der Waals surface area contributed by atoms with Crippen LogP contribution in [0.25, 0.3) is 77.1 Å². The Balaban J connectivity index is 0.000000340. The molecule has 0 fully saturated rings. The zero-order chi connectivity index (χ0) is 48.4. The summed E-state index contributed by atoms with van der Waals surface area (Å²) in [5, 5.41) is 9.67. The Morgan fingerprint density at radius 3 is 1.94 bits per heavy atom. The predicted molar refractivity (Wildman–Crippen MR) is 282 cm³/mol. The molecule has 1 radical (unpaired) electrons. The second-order valence-corrected chi connectivity index (χ2v) is 31.3. The van der Waals surface area contributed by atoms with Crippen LogP contribution >= 0.6 is 0 Å². The molecular formula is C59H64IrN2OSi2-2. The van der Waals surface area contributed by atoms with Gasteiger partial charge in [0.2, 0.25) is 0 Å². The zero-order valence-corrected chi connectivity index (χ0v) is 44.7. The molecule has 0 atom stereocenters. The molecule has 6 aromatic carbocycles. The Morgan fingerprint density at radius 1 is 0.631 bits per heavy atom. The Bertz CT molecular complexity index is 3270. The van der Waals surface area contributed by atoms with E-state index in [1.165, 1.54) is 48.6 Å². The molecule has 9 rings (SSSR count). The SMILES string of the molecule is CC(C)(C)c1ccnc(-c2[c-]cccc2)c1.[2H]C([2H])([2H])c1cnc(-c2[c-]ccc3c2oc2cc4c(ccc5ccc([Si](C)(C)C)cc54)cc23)cc1-c1c(C(C)C)cc([Si](C)(C)C)cc1C(C)C.[Ir]. The van der Waals surface area contributed by atoms with Crippen LogP contribution in [0.2, 0.25) is 39.3 Å². The molecule has 0 aliphatic heterocycles. The fraction of sp³-hybridized carbons (Fsp3) is 0.288. The van der Waals surface area contributed by atoms with Gasteiger partial charge >= 0.3 is 0 Å². The van der Waals surface area contributed by atoms with Gasteiger partial charge in [0.15, 0.2) is 0 Å².